The average molecular weight is 417 g/mol. The van der Waals surface area contributed by atoms with Crippen LogP contribution in [0.1, 0.15) is 15.9 Å². The van der Waals surface area contributed by atoms with Crippen molar-refractivity contribution in [3.63, 3.8) is 0 Å². The number of aromatic nitrogens is 1. The highest BCUT2D eigenvalue weighted by atomic mass is 32.1. The Hall–Kier alpha value is -3.51. The molecule has 5 rings (SSSR count). The van der Waals surface area contributed by atoms with Gasteiger partial charge in [0.05, 0.1) is 11.0 Å². The normalized spacial score (nSPS) is 11.4. The molecule has 3 aromatic carbocycles. The lowest BCUT2D eigenvalue weighted by molar-refractivity contribution is 0.100. The zero-order valence-electron chi connectivity index (χ0n) is 15.7. The predicted molar refractivity (Wildman–Crippen MR) is 116 cm³/mol. The third-order valence-electron chi connectivity index (χ3n) is 5.19. The van der Waals surface area contributed by atoms with Crippen LogP contribution in [0.4, 0.5) is 8.78 Å². The lowest BCUT2D eigenvalue weighted by atomic mass is 10.0. The van der Waals surface area contributed by atoms with Gasteiger partial charge in [0.2, 0.25) is 5.91 Å². The van der Waals surface area contributed by atoms with Crippen LogP contribution in [0.2, 0.25) is 0 Å². The number of nitrogens with two attached hydrogens (primary N) is 1. The molecule has 2 N–H and O–H groups in total. The first-order chi connectivity index (χ1) is 14.5. The second-order valence-electron chi connectivity index (χ2n) is 7.02. The third-order valence-corrected chi connectivity index (χ3v) is 6.11. The summed E-state index contributed by atoms with van der Waals surface area (Å²) >= 11 is 1.62. The van der Waals surface area contributed by atoms with E-state index < -0.39 is 17.5 Å². The van der Waals surface area contributed by atoms with E-state index in [2.05, 4.69) is 6.07 Å². The van der Waals surface area contributed by atoms with Crippen molar-refractivity contribution in [2.24, 2.45) is 5.73 Å². The Kier molecular flexibility index (Phi) is 4.37. The molecule has 2 aromatic heterocycles. The first-order valence-corrected chi connectivity index (χ1v) is 10.1. The first-order valence-electron chi connectivity index (χ1n) is 9.27. The molecule has 30 heavy (non-hydrogen) atoms. The molecule has 0 fully saturated rings. The maximum atomic E-state index is 13.8. The fourth-order valence-corrected chi connectivity index (χ4v) is 4.55. The van der Waals surface area contributed by atoms with Crippen LogP contribution in [0.3, 0.4) is 0 Å². The van der Waals surface area contributed by atoms with E-state index in [1.807, 2.05) is 40.3 Å². The Morgan fingerprint density at radius 3 is 2.63 bits per heavy atom. The Labute approximate surface area is 175 Å². The molecule has 0 saturated carbocycles. The van der Waals surface area contributed by atoms with Gasteiger partial charge in [-0.1, -0.05) is 18.2 Å². The number of amides is 1. The Balaban J connectivity index is 1.80. The van der Waals surface area contributed by atoms with Crippen molar-refractivity contribution in [2.75, 3.05) is 0 Å². The zero-order valence-corrected chi connectivity index (χ0v) is 16.5. The minimum Gasteiger partial charge on any atom is -0.366 e. The monoisotopic (exact) mass is 417 g/mol. The van der Waals surface area contributed by atoms with E-state index in [1.54, 1.807) is 29.5 Å². The van der Waals surface area contributed by atoms with Crippen molar-refractivity contribution < 1.29 is 13.6 Å². The van der Waals surface area contributed by atoms with Crippen molar-refractivity contribution >= 4 is 39.0 Å². The zero-order chi connectivity index (χ0) is 20.8. The van der Waals surface area contributed by atoms with Crippen molar-refractivity contribution in [3.8, 4) is 10.4 Å². The van der Waals surface area contributed by atoms with Gasteiger partial charge in [-0.2, -0.15) is 0 Å². The van der Waals surface area contributed by atoms with Gasteiger partial charge in [0.1, 0.15) is 0 Å². The number of rotatable bonds is 4. The van der Waals surface area contributed by atoms with Gasteiger partial charge in [-0.05, 0) is 65.0 Å². The summed E-state index contributed by atoms with van der Waals surface area (Å²) in [5.41, 5.74) is 9.26. The summed E-state index contributed by atoms with van der Waals surface area (Å²) in [7, 11) is 0. The second-order valence-corrected chi connectivity index (χ2v) is 7.97. The van der Waals surface area contributed by atoms with Crippen molar-refractivity contribution in [1.82, 2.24) is 4.57 Å². The van der Waals surface area contributed by atoms with Gasteiger partial charge in [0.15, 0.2) is 11.6 Å². The standard InChI is InChI=1S/C24H15F2N2OS/c25-18-9-6-14(11-19(18)26)13-28-20-4-1-3-17(24(27)29)23(20)16-8-7-15(12-21(16)28)22-5-2-10-30-22/h1-7,9-12H,13H2,(H2,27,29). The Morgan fingerprint density at radius 2 is 1.90 bits per heavy atom. The molecule has 1 radical (unpaired) electrons. The summed E-state index contributed by atoms with van der Waals surface area (Å²) in [5, 5.41) is 3.48. The smallest absolute Gasteiger partial charge is 0.249 e. The van der Waals surface area contributed by atoms with E-state index in [4.69, 9.17) is 5.73 Å². The molecular weight excluding hydrogens is 402 g/mol. The van der Waals surface area contributed by atoms with Gasteiger partial charge >= 0.3 is 0 Å². The minimum absolute atomic E-state index is 0.307. The quantitative estimate of drug-likeness (QED) is 0.398. The molecule has 0 saturated heterocycles. The number of fused-ring (bicyclic) bond motifs is 3. The van der Waals surface area contributed by atoms with Gasteiger partial charge in [-0.3, -0.25) is 4.79 Å². The van der Waals surface area contributed by atoms with Crippen LogP contribution in [-0.2, 0) is 6.54 Å². The predicted octanol–water partition coefficient (Wildman–Crippen LogP) is 5.75. The molecule has 5 aromatic rings. The highest BCUT2D eigenvalue weighted by Gasteiger charge is 2.18. The van der Waals surface area contributed by atoms with Crippen LogP contribution in [0.15, 0.2) is 66.0 Å². The van der Waals surface area contributed by atoms with Gasteiger partial charge in [0.25, 0.3) is 0 Å². The average Bonchev–Trinajstić information content (AvgIpc) is 3.38. The van der Waals surface area contributed by atoms with Gasteiger partial charge in [-0.15, -0.1) is 11.3 Å². The van der Waals surface area contributed by atoms with E-state index in [1.165, 1.54) is 6.07 Å². The van der Waals surface area contributed by atoms with E-state index >= 15 is 0 Å². The molecule has 0 unspecified atom stereocenters. The first kappa shape index (κ1) is 18.5. The van der Waals surface area contributed by atoms with Crippen LogP contribution in [0.25, 0.3) is 32.2 Å². The van der Waals surface area contributed by atoms with Gasteiger partial charge < -0.3 is 10.3 Å². The largest absolute Gasteiger partial charge is 0.366 e. The molecule has 0 aliphatic rings. The summed E-state index contributed by atoms with van der Waals surface area (Å²) in [6.07, 6.45) is 0. The molecule has 3 nitrogen and oxygen atoms in total. The minimum atomic E-state index is -0.892. The molecule has 0 bridgehead atoms. The molecule has 2 heterocycles. The lowest BCUT2D eigenvalue weighted by Gasteiger charge is -2.09. The molecule has 0 aliphatic carbocycles. The maximum Gasteiger partial charge on any atom is 0.249 e. The fraction of sp³-hybridized carbons (Fsp3) is 0.0417. The number of carbonyl (C=O) groups is 1. The van der Waals surface area contributed by atoms with E-state index in [0.717, 1.165) is 32.9 Å². The Bertz CT molecular complexity index is 1420. The SMILES string of the molecule is NC(=O)c1cccc2c1c1[c]cc(-c3cccs3)cc1n2Cc1ccc(F)c(F)c1. The number of hydrogen-bond donors (Lipinski definition) is 1. The maximum absolute atomic E-state index is 13.8. The van der Waals surface area contributed by atoms with E-state index in [0.29, 0.717) is 23.1 Å². The molecule has 6 heteroatoms. The molecule has 0 aliphatic heterocycles. The topological polar surface area (TPSA) is 48.0 Å². The number of primary amides is 1. The number of halogens is 2. The number of benzene rings is 3. The highest BCUT2D eigenvalue weighted by Crippen LogP contribution is 2.35. The summed E-state index contributed by atoms with van der Waals surface area (Å²) in [5.74, 6) is -2.30. The van der Waals surface area contributed by atoms with Crippen molar-refractivity contribution in [3.05, 3.63) is 94.9 Å². The summed E-state index contributed by atoms with van der Waals surface area (Å²) in [6.45, 7) is 0.307. The number of nitrogens with zero attached hydrogens (tertiary/aromatic N) is 1. The van der Waals surface area contributed by atoms with Crippen molar-refractivity contribution in [1.29, 1.82) is 0 Å². The van der Waals surface area contributed by atoms with E-state index in [9.17, 15) is 13.6 Å². The van der Waals surface area contributed by atoms with Crippen LogP contribution >= 0.6 is 11.3 Å². The van der Waals surface area contributed by atoms with Gasteiger partial charge in [-0.25, -0.2) is 8.78 Å². The van der Waals surface area contributed by atoms with Gasteiger partial charge in [0, 0.05) is 27.8 Å². The number of hydrogen-bond acceptors (Lipinski definition) is 2. The fourth-order valence-electron chi connectivity index (χ4n) is 3.84. The van der Waals surface area contributed by atoms with Crippen LogP contribution in [-0.4, -0.2) is 10.5 Å². The molecule has 0 spiro atoms. The summed E-state index contributed by atoms with van der Waals surface area (Å²) in [4.78, 5) is 13.2. The van der Waals surface area contributed by atoms with Crippen LogP contribution in [0.5, 0.6) is 0 Å². The van der Waals surface area contributed by atoms with E-state index in [-0.39, 0.29) is 0 Å². The van der Waals surface area contributed by atoms with Crippen LogP contribution < -0.4 is 5.73 Å². The van der Waals surface area contributed by atoms with Crippen molar-refractivity contribution in [2.45, 2.75) is 6.54 Å². The third kappa shape index (κ3) is 2.97. The molecular formula is C24H15F2N2OS. The van der Waals surface area contributed by atoms with Crippen LogP contribution in [0, 0.1) is 17.7 Å². The molecule has 0 atom stereocenters. The molecule has 147 valence electrons. The summed E-state index contributed by atoms with van der Waals surface area (Å²) < 4.78 is 29.2. The Morgan fingerprint density at radius 1 is 1.03 bits per heavy atom. The molecule has 1 amide bonds. The summed E-state index contributed by atoms with van der Waals surface area (Å²) in [6, 6.07) is 20.5. The second kappa shape index (κ2) is 7.07. The number of carbonyl (C=O) groups excluding carboxylic acids is 1. The number of thiophene rings is 1. The lowest BCUT2D eigenvalue weighted by Crippen LogP contribution is -2.11. The highest BCUT2D eigenvalue weighted by molar-refractivity contribution is 7.13.